The van der Waals surface area contributed by atoms with Gasteiger partial charge in [0.1, 0.15) is 5.75 Å². The zero-order valence-electron chi connectivity index (χ0n) is 10.7. The molecule has 1 fully saturated rings. The van der Waals surface area contributed by atoms with Gasteiger partial charge in [0.05, 0.1) is 14.4 Å². The fourth-order valence-corrected chi connectivity index (χ4v) is 3.53. The minimum Gasteiger partial charge on any atom is -0.505 e. The van der Waals surface area contributed by atoms with Crippen LogP contribution in [0.3, 0.4) is 0 Å². The number of carbonyl (C=O) groups excluding carboxylic acids is 2. The van der Waals surface area contributed by atoms with Crippen LogP contribution >= 0.6 is 39.3 Å². The van der Waals surface area contributed by atoms with E-state index in [1.54, 1.807) is 26.0 Å². The van der Waals surface area contributed by atoms with Crippen molar-refractivity contribution in [2.75, 3.05) is 0 Å². The summed E-state index contributed by atoms with van der Waals surface area (Å²) in [5, 5.41) is 9.46. The molecule has 1 aromatic rings. The number of benzene rings is 1. The Morgan fingerprint density at radius 2 is 2.05 bits per heavy atom. The number of carbonyl (C=O) groups is 2. The van der Waals surface area contributed by atoms with Crippen LogP contribution < -0.4 is 0 Å². The van der Waals surface area contributed by atoms with Gasteiger partial charge in [0.15, 0.2) is 0 Å². The topological polar surface area (TPSA) is 57.6 Å². The van der Waals surface area contributed by atoms with E-state index < -0.39 is 0 Å². The van der Waals surface area contributed by atoms with E-state index in [1.807, 2.05) is 0 Å². The molecule has 0 unspecified atom stereocenters. The van der Waals surface area contributed by atoms with Crippen LogP contribution in [0, 0.1) is 0 Å². The lowest BCUT2D eigenvalue weighted by atomic mass is 10.2. The van der Waals surface area contributed by atoms with Crippen LogP contribution in [0.15, 0.2) is 21.5 Å². The quantitative estimate of drug-likeness (QED) is 0.784. The van der Waals surface area contributed by atoms with Crippen LogP contribution in [0.2, 0.25) is 5.02 Å². The smallest absolute Gasteiger partial charge is 0.293 e. The van der Waals surface area contributed by atoms with Gasteiger partial charge in [-0.1, -0.05) is 11.6 Å². The van der Waals surface area contributed by atoms with Crippen molar-refractivity contribution in [2.24, 2.45) is 0 Å². The van der Waals surface area contributed by atoms with Gasteiger partial charge in [0.2, 0.25) is 0 Å². The SMILES string of the molecule is CC(C)N1C(=O)S/C(=C/c2cc(Cl)c(O)c(Br)c2)C1=O. The van der Waals surface area contributed by atoms with Gasteiger partial charge >= 0.3 is 0 Å². The molecule has 0 saturated carbocycles. The zero-order valence-corrected chi connectivity index (χ0v) is 13.8. The minimum absolute atomic E-state index is 0.0564. The molecule has 4 nitrogen and oxygen atoms in total. The van der Waals surface area contributed by atoms with E-state index in [0.29, 0.717) is 14.9 Å². The molecule has 0 radical (unpaired) electrons. The van der Waals surface area contributed by atoms with Gasteiger partial charge in [-0.15, -0.1) is 0 Å². The van der Waals surface area contributed by atoms with Crippen LogP contribution in [-0.4, -0.2) is 27.2 Å². The number of imide groups is 1. The highest BCUT2D eigenvalue weighted by Crippen LogP contribution is 2.37. The number of nitrogens with zero attached hydrogens (tertiary/aromatic N) is 1. The highest BCUT2D eigenvalue weighted by Gasteiger charge is 2.36. The monoisotopic (exact) mass is 375 g/mol. The number of thioether (sulfide) groups is 1. The van der Waals surface area contributed by atoms with Gasteiger partial charge in [-0.3, -0.25) is 14.5 Å². The molecule has 7 heteroatoms. The molecule has 106 valence electrons. The molecule has 1 heterocycles. The van der Waals surface area contributed by atoms with Crippen molar-refractivity contribution in [3.8, 4) is 5.75 Å². The lowest BCUT2D eigenvalue weighted by Gasteiger charge is -2.16. The average molecular weight is 377 g/mol. The summed E-state index contributed by atoms with van der Waals surface area (Å²) in [5.74, 6) is -0.366. The molecule has 2 rings (SSSR count). The number of phenolic OH excluding ortho intramolecular Hbond substituents is 1. The minimum atomic E-state index is -0.310. The number of phenols is 1. The van der Waals surface area contributed by atoms with Gasteiger partial charge in [-0.05, 0) is 65.3 Å². The maximum Gasteiger partial charge on any atom is 0.293 e. The second kappa shape index (κ2) is 5.79. The fourth-order valence-electron chi connectivity index (χ4n) is 1.74. The molecule has 1 aliphatic rings. The summed E-state index contributed by atoms with van der Waals surface area (Å²) in [6.07, 6.45) is 1.59. The van der Waals surface area contributed by atoms with Gasteiger partial charge in [0.25, 0.3) is 11.1 Å². The average Bonchev–Trinajstić information content (AvgIpc) is 2.61. The molecular weight excluding hydrogens is 366 g/mol. The lowest BCUT2D eigenvalue weighted by molar-refractivity contribution is -0.123. The number of aromatic hydroxyl groups is 1. The number of hydrogen-bond donors (Lipinski definition) is 1. The van der Waals surface area contributed by atoms with Crippen molar-refractivity contribution in [1.82, 2.24) is 4.90 Å². The van der Waals surface area contributed by atoms with E-state index in [1.165, 1.54) is 11.0 Å². The van der Waals surface area contributed by atoms with E-state index in [2.05, 4.69) is 15.9 Å². The van der Waals surface area contributed by atoms with E-state index in [4.69, 9.17) is 11.6 Å². The van der Waals surface area contributed by atoms with E-state index >= 15 is 0 Å². The molecular formula is C13H11BrClNO3S. The highest BCUT2D eigenvalue weighted by molar-refractivity contribution is 9.10. The number of rotatable bonds is 2. The van der Waals surface area contributed by atoms with E-state index in [0.717, 1.165) is 11.8 Å². The molecule has 1 saturated heterocycles. The molecule has 2 amide bonds. The van der Waals surface area contributed by atoms with Crippen LogP contribution in [0.5, 0.6) is 5.75 Å². The number of hydrogen-bond acceptors (Lipinski definition) is 4. The third-order valence-corrected chi connectivity index (χ3v) is 4.45. The van der Waals surface area contributed by atoms with Crippen molar-refractivity contribution in [3.05, 3.63) is 32.1 Å². The summed E-state index contributed by atoms with van der Waals surface area (Å²) in [6.45, 7) is 3.57. The van der Waals surface area contributed by atoms with Crippen molar-refractivity contribution in [3.63, 3.8) is 0 Å². The van der Waals surface area contributed by atoms with Crippen molar-refractivity contribution in [1.29, 1.82) is 0 Å². The molecule has 20 heavy (non-hydrogen) atoms. The first-order chi connectivity index (χ1) is 9.31. The van der Waals surface area contributed by atoms with Crippen molar-refractivity contribution < 1.29 is 14.7 Å². The first kappa shape index (κ1) is 15.4. The standard InChI is InChI=1S/C13H11BrClNO3S/c1-6(2)16-12(18)10(20-13(16)19)5-7-3-8(14)11(17)9(15)4-7/h3-6,17H,1-2H3/b10-5+. The molecule has 0 aromatic heterocycles. The maximum atomic E-state index is 12.1. The van der Waals surface area contributed by atoms with E-state index in [-0.39, 0.29) is 28.0 Å². The summed E-state index contributed by atoms with van der Waals surface area (Å²) >= 11 is 9.94. The molecule has 0 spiro atoms. The van der Waals surface area contributed by atoms with Gasteiger partial charge in [-0.2, -0.15) is 0 Å². The molecule has 0 bridgehead atoms. The maximum absolute atomic E-state index is 12.1. The van der Waals surface area contributed by atoms with Crippen molar-refractivity contribution >= 4 is 56.5 Å². The predicted octanol–water partition coefficient (Wildman–Crippen LogP) is 4.25. The van der Waals surface area contributed by atoms with E-state index in [9.17, 15) is 14.7 Å². The third-order valence-electron chi connectivity index (χ3n) is 2.68. The largest absolute Gasteiger partial charge is 0.505 e. The number of halogens is 2. The third kappa shape index (κ3) is 2.87. The summed E-state index contributed by atoms with van der Waals surface area (Å²) in [6, 6.07) is 2.98. The predicted molar refractivity (Wildman–Crippen MR) is 83.8 cm³/mol. The van der Waals surface area contributed by atoms with Crippen LogP contribution in [0.1, 0.15) is 19.4 Å². The highest BCUT2D eigenvalue weighted by atomic mass is 79.9. The molecule has 1 N–H and O–H groups in total. The molecule has 1 aliphatic heterocycles. The summed E-state index contributed by atoms with van der Waals surface area (Å²) < 4.78 is 0.430. The molecule has 0 aliphatic carbocycles. The Labute approximate surface area is 133 Å². The second-order valence-corrected chi connectivity index (χ2v) is 6.73. The Bertz CT molecular complexity index is 607. The van der Waals surface area contributed by atoms with Crippen LogP contribution in [0.4, 0.5) is 4.79 Å². The van der Waals surface area contributed by atoms with Gasteiger partial charge in [-0.25, -0.2) is 0 Å². The van der Waals surface area contributed by atoms with Crippen molar-refractivity contribution in [2.45, 2.75) is 19.9 Å². The summed E-state index contributed by atoms with van der Waals surface area (Å²) in [7, 11) is 0. The summed E-state index contributed by atoms with van der Waals surface area (Å²) in [4.78, 5) is 25.4. The first-order valence-corrected chi connectivity index (χ1v) is 7.75. The Morgan fingerprint density at radius 3 is 2.55 bits per heavy atom. The fraction of sp³-hybridized carbons (Fsp3) is 0.231. The van der Waals surface area contributed by atoms with Gasteiger partial charge < -0.3 is 5.11 Å². The Kier molecular flexibility index (Phi) is 4.46. The van der Waals surface area contributed by atoms with Crippen LogP contribution in [0.25, 0.3) is 6.08 Å². The molecule has 1 aromatic carbocycles. The molecule has 0 atom stereocenters. The lowest BCUT2D eigenvalue weighted by Crippen LogP contribution is -2.34. The van der Waals surface area contributed by atoms with Gasteiger partial charge in [0, 0.05) is 6.04 Å². The Balaban J connectivity index is 2.38. The second-order valence-electron chi connectivity index (χ2n) is 4.48. The zero-order chi connectivity index (χ0) is 15.0. The Hall–Kier alpha value is -0.980. The number of amides is 2. The van der Waals surface area contributed by atoms with Crippen LogP contribution in [-0.2, 0) is 4.79 Å². The first-order valence-electron chi connectivity index (χ1n) is 5.76. The Morgan fingerprint density at radius 1 is 1.40 bits per heavy atom. The normalized spacial score (nSPS) is 17.6. The summed E-state index contributed by atoms with van der Waals surface area (Å²) in [5.41, 5.74) is 0.633.